The number of aliphatic hydroxyl groups excluding tert-OH is 1. The molecule has 2 aliphatic heterocycles. The van der Waals surface area contributed by atoms with Crippen LogP contribution in [-0.4, -0.2) is 79.8 Å². The summed E-state index contributed by atoms with van der Waals surface area (Å²) < 4.78 is 44.5. The molecule has 31 heavy (non-hydrogen) atoms. The average molecular weight is 444 g/mol. The first-order chi connectivity index (χ1) is 14.8. The quantitative estimate of drug-likeness (QED) is 0.645. The molecule has 2 amide bonds. The van der Waals surface area contributed by atoms with Gasteiger partial charge in [0.05, 0.1) is 24.5 Å². The third kappa shape index (κ3) is 5.44. The Labute approximate surface area is 176 Å². The molecule has 1 atom stereocenters. The van der Waals surface area contributed by atoms with Crippen LogP contribution in [0.5, 0.6) is 0 Å². The number of cyclic esters (lactones) is 1. The fraction of sp³-hybridized carbons (Fsp3) is 0.526. The smallest absolute Gasteiger partial charge is 0.414 e. The molecule has 0 bridgehead atoms. The number of hydrogen-bond donors (Lipinski definition) is 2. The highest BCUT2D eigenvalue weighted by molar-refractivity contribution is 5.90. The van der Waals surface area contributed by atoms with Crippen molar-refractivity contribution in [1.29, 1.82) is 0 Å². The lowest BCUT2D eigenvalue weighted by Gasteiger charge is -2.24. The Morgan fingerprint density at radius 2 is 2.03 bits per heavy atom. The molecular formula is C19H23F3N4O5. The maximum atomic E-state index is 14.8. The average Bonchev–Trinajstić information content (AvgIpc) is 2.95. The number of rotatable bonds is 7. The SMILES string of the molecule is O=C(CC[C@H]1CN(c2ccc(N3CCNN(C(=O)CO)CC3)c(F)c2)C(=O)O1)C(F)F. The molecule has 0 saturated carbocycles. The maximum Gasteiger partial charge on any atom is 0.414 e. The Balaban J connectivity index is 1.63. The molecule has 0 radical (unpaired) electrons. The van der Waals surface area contributed by atoms with Crippen LogP contribution < -0.4 is 15.2 Å². The summed E-state index contributed by atoms with van der Waals surface area (Å²) in [6.07, 6.45) is -4.97. The van der Waals surface area contributed by atoms with Crippen molar-refractivity contribution in [1.82, 2.24) is 10.4 Å². The van der Waals surface area contributed by atoms with E-state index in [-0.39, 0.29) is 30.9 Å². The number of hydrogen-bond acceptors (Lipinski definition) is 7. The molecule has 0 unspecified atom stereocenters. The molecule has 12 heteroatoms. The number of hydrazine groups is 1. The van der Waals surface area contributed by atoms with Gasteiger partial charge in [0.15, 0.2) is 5.78 Å². The number of Topliss-reactive ketones (excluding diaryl/α,β-unsaturated/α-hetero) is 1. The standard InChI is InChI=1S/C19H23F3N4O5/c20-14-9-12(25-10-13(31-19(25)30)2-4-16(28)18(21)22)1-3-15(14)24-6-5-23-26(8-7-24)17(29)11-27/h1,3,9,13,18,23,27H,2,4-8,10-11H2/t13-/m0/s1. The second-order valence-electron chi connectivity index (χ2n) is 7.16. The zero-order valence-electron chi connectivity index (χ0n) is 16.6. The van der Waals surface area contributed by atoms with Gasteiger partial charge in [-0.2, -0.15) is 0 Å². The molecule has 2 fully saturated rings. The lowest BCUT2D eigenvalue weighted by Crippen LogP contribution is -2.45. The fourth-order valence-corrected chi connectivity index (χ4v) is 3.49. The van der Waals surface area contributed by atoms with Crippen LogP contribution in [0, 0.1) is 5.82 Å². The van der Waals surface area contributed by atoms with Crippen LogP contribution >= 0.6 is 0 Å². The molecule has 0 spiro atoms. The summed E-state index contributed by atoms with van der Waals surface area (Å²) in [6.45, 7) is 0.764. The summed E-state index contributed by atoms with van der Waals surface area (Å²) in [4.78, 5) is 37.7. The van der Waals surface area contributed by atoms with E-state index in [2.05, 4.69) is 5.43 Å². The molecular weight excluding hydrogens is 421 g/mol. The van der Waals surface area contributed by atoms with Crippen molar-refractivity contribution < 1.29 is 37.4 Å². The van der Waals surface area contributed by atoms with Crippen LogP contribution in [0.25, 0.3) is 0 Å². The lowest BCUT2D eigenvalue weighted by atomic mass is 10.1. The minimum Gasteiger partial charge on any atom is -0.444 e. The number of aliphatic hydroxyl groups is 1. The number of ketones is 1. The van der Waals surface area contributed by atoms with Crippen molar-refractivity contribution in [2.75, 3.05) is 49.1 Å². The van der Waals surface area contributed by atoms with Gasteiger partial charge in [-0.05, 0) is 24.6 Å². The van der Waals surface area contributed by atoms with E-state index in [1.165, 1.54) is 22.0 Å². The summed E-state index contributed by atoms with van der Waals surface area (Å²) in [6, 6.07) is 4.23. The largest absolute Gasteiger partial charge is 0.444 e. The molecule has 1 aromatic rings. The summed E-state index contributed by atoms with van der Waals surface area (Å²) in [7, 11) is 0. The number of alkyl halides is 2. The van der Waals surface area contributed by atoms with Crippen LogP contribution in [-0.2, 0) is 14.3 Å². The zero-order valence-corrected chi connectivity index (χ0v) is 16.6. The van der Waals surface area contributed by atoms with E-state index >= 15 is 0 Å². The van der Waals surface area contributed by atoms with Crippen molar-refractivity contribution >= 4 is 29.2 Å². The van der Waals surface area contributed by atoms with Crippen molar-refractivity contribution in [3.63, 3.8) is 0 Å². The van der Waals surface area contributed by atoms with E-state index in [4.69, 9.17) is 9.84 Å². The molecule has 2 heterocycles. The Morgan fingerprint density at radius 3 is 2.71 bits per heavy atom. The van der Waals surface area contributed by atoms with Gasteiger partial charge in [0.25, 0.3) is 12.3 Å². The molecule has 170 valence electrons. The monoisotopic (exact) mass is 444 g/mol. The highest BCUT2D eigenvalue weighted by atomic mass is 19.3. The second kappa shape index (κ2) is 9.96. The second-order valence-corrected chi connectivity index (χ2v) is 7.16. The molecule has 2 N–H and O–H groups in total. The summed E-state index contributed by atoms with van der Waals surface area (Å²) in [5.74, 6) is -2.27. The predicted molar refractivity (Wildman–Crippen MR) is 103 cm³/mol. The first kappa shape index (κ1) is 22.8. The predicted octanol–water partition coefficient (Wildman–Crippen LogP) is 0.911. The minimum atomic E-state index is -3.06. The van der Waals surface area contributed by atoms with Crippen LogP contribution in [0.15, 0.2) is 18.2 Å². The normalized spacial score (nSPS) is 19.6. The van der Waals surface area contributed by atoms with Gasteiger partial charge in [0.1, 0.15) is 18.5 Å². The van der Waals surface area contributed by atoms with E-state index in [1.54, 1.807) is 11.0 Å². The first-order valence-electron chi connectivity index (χ1n) is 9.78. The maximum absolute atomic E-state index is 14.8. The van der Waals surface area contributed by atoms with Gasteiger partial charge >= 0.3 is 6.09 Å². The van der Waals surface area contributed by atoms with E-state index < -0.39 is 49.2 Å². The van der Waals surface area contributed by atoms with Gasteiger partial charge in [0, 0.05) is 26.1 Å². The zero-order chi connectivity index (χ0) is 22.5. The topological polar surface area (TPSA) is 102 Å². The number of nitrogens with zero attached hydrogens (tertiary/aromatic N) is 3. The Kier molecular flexibility index (Phi) is 7.33. The van der Waals surface area contributed by atoms with Gasteiger partial charge in [-0.15, -0.1) is 0 Å². The number of carbonyl (C=O) groups excluding carboxylic acids is 3. The molecule has 2 saturated heterocycles. The lowest BCUT2D eigenvalue weighted by molar-refractivity contribution is -0.137. The van der Waals surface area contributed by atoms with Crippen LogP contribution in [0.1, 0.15) is 12.8 Å². The number of nitrogens with one attached hydrogen (secondary N) is 1. The summed E-state index contributed by atoms with van der Waals surface area (Å²) in [5.41, 5.74) is 3.40. The molecule has 2 aliphatic rings. The molecule has 3 rings (SSSR count). The number of halogens is 3. The van der Waals surface area contributed by atoms with Gasteiger partial charge in [-0.1, -0.05) is 0 Å². The number of anilines is 2. The summed E-state index contributed by atoms with van der Waals surface area (Å²) in [5, 5.41) is 10.3. The van der Waals surface area contributed by atoms with Crippen molar-refractivity contribution in [2.45, 2.75) is 25.4 Å². The van der Waals surface area contributed by atoms with Crippen molar-refractivity contribution in [3.05, 3.63) is 24.0 Å². The Morgan fingerprint density at radius 1 is 1.26 bits per heavy atom. The molecule has 9 nitrogen and oxygen atoms in total. The van der Waals surface area contributed by atoms with Gasteiger partial charge in [0.2, 0.25) is 0 Å². The number of amides is 2. The highest BCUT2D eigenvalue weighted by Gasteiger charge is 2.33. The van der Waals surface area contributed by atoms with Crippen LogP contribution in [0.2, 0.25) is 0 Å². The first-order valence-corrected chi connectivity index (χ1v) is 9.78. The third-order valence-electron chi connectivity index (χ3n) is 5.13. The summed E-state index contributed by atoms with van der Waals surface area (Å²) >= 11 is 0. The number of ether oxygens (including phenoxy) is 1. The van der Waals surface area contributed by atoms with Crippen LogP contribution in [0.4, 0.5) is 29.3 Å². The van der Waals surface area contributed by atoms with Gasteiger partial charge in [-0.3, -0.25) is 19.5 Å². The number of benzene rings is 1. The van der Waals surface area contributed by atoms with E-state index in [1.807, 2.05) is 0 Å². The Hall–Kier alpha value is -2.86. The Bertz CT molecular complexity index is 841. The van der Waals surface area contributed by atoms with Crippen LogP contribution in [0.3, 0.4) is 0 Å². The highest BCUT2D eigenvalue weighted by Crippen LogP contribution is 2.29. The van der Waals surface area contributed by atoms with Gasteiger partial charge < -0.3 is 14.7 Å². The third-order valence-corrected chi connectivity index (χ3v) is 5.13. The molecule has 0 aliphatic carbocycles. The minimum absolute atomic E-state index is 0.0278. The van der Waals surface area contributed by atoms with Crippen molar-refractivity contribution in [2.24, 2.45) is 0 Å². The van der Waals surface area contributed by atoms with E-state index in [0.717, 1.165) is 0 Å². The van der Waals surface area contributed by atoms with Gasteiger partial charge in [-0.25, -0.2) is 23.4 Å². The molecule has 0 aromatic heterocycles. The van der Waals surface area contributed by atoms with E-state index in [0.29, 0.717) is 19.6 Å². The fourth-order valence-electron chi connectivity index (χ4n) is 3.49. The number of carbonyl (C=O) groups is 3. The van der Waals surface area contributed by atoms with E-state index in [9.17, 15) is 27.6 Å². The molecule has 1 aromatic carbocycles. The van der Waals surface area contributed by atoms with Crippen molar-refractivity contribution in [3.8, 4) is 0 Å².